The van der Waals surface area contributed by atoms with Gasteiger partial charge in [0.1, 0.15) is 0 Å². The van der Waals surface area contributed by atoms with Crippen molar-refractivity contribution >= 4 is 11.5 Å². The van der Waals surface area contributed by atoms with E-state index in [4.69, 9.17) is 5.73 Å². The summed E-state index contributed by atoms with van der Waals surface area (Å²) in [6.45, 7) is 0. The summed E-state index contributed by atoms with van der Waals surface area (Å²) in [5.41, 5.74) is 9.62. The summed E-state index contributed by atoms with van der Waals surface area (Å²) in [6, 6.07) is 17.7. The summed E-state index contributed by atoms with van der Waals surface area (Å²) in [6.07, 6.45) is -0.431. The van der Waals surface area contributed by atoms with Crippen LogP contribution in [-0.4, -0.2) is 17.7 Å². The molecule has 94 valence electrons. The Kier molecular flexibility index (Phi) is 2.97. The summed E-state index contributed by atoms with van der Waals surface area (Å²) < 4.78 is 0. The van der Waals surface area contributed by atoms with E-state index in [1.807, 2.05) is 54.6 Å². The number of nitrogens with zero attached hydrogens (tertiary/aromatic N) is 1. The van der Waals surface area contributed by atoms with Crippen LogP contribution in [0.15, 0.2) is 59.6 Å². The van der Waals surface area contributed by atoms with Crippen molar-refractivity contribution in [1.82, 2.24) is 0 Å². The van der Waals surface area contributed by atoms with Crippen LogP contribution in [0, 0.1) is 0 Å². The molecule has 0 amide bonds. The van der Waals surface area contributed by atoms with Gasteiger partial charge in [0.05, 0.1) is 5.71 Å². The molecule has 2 N–H and O–H groups in total. The lowest BCUT2D eigenvalue weighted by Gasteiger charge is -2.09. The van der Waals surface area contributed by atoms with E-state index in [1.165, 1.54) is 0 Å². The number of hydrogen-bond donors (Lipinski definition) is 1. The van der Waals surface area contributed by atoms with Crippen LogP contribution < -0.4 is 5.73 Å². The Morgan fingerprint density at radius 1 is 1.00 bits per heavy atom. The molecule has 3 heteroatoms. The molecule has 1 aliphatic rings. The van der Waals surface area contributed by atoms with E-state index in [9.17, 15) is 4.79 Å². The van der Waals surface area contributed by atoms with Crippen molar-refractivity contribution in [3.05, 3.63) is 71.3 Å². The second-order valence-electron chi connectivity index (χ2n) is 4.59. The molecule has 3 rings (SSSR count). The van der Waals surface area contributed by atoms with Crippen molar-refractivity contribution in [3.63, 3.8) is 0 Å². The molecule has 19 heavy (non-hydrogen) atoms. The number of carbonyl (C=O) groups excluding carboxylic acids is 1. The molecule has 0 saturated heterocycles. The number of benzene rings is 2. The summed E-state index contributed by atoms with van der Waals surface area (Å²) in [5, 5.41) is 0. The fourth-order valence-corrected chi connectivity index (χ4v) is 2.30. The van der Waals surface area contributed by atoms with Gasteiger partial charge in [-0.15, -0.1) is 0 Å². The second-order valence-corrected chi connectivity index (χ2v) is 4.59. The lowest BCUT2D eigenvalue weighted by Crippen LogP contribution is -2.29. The van der Waals surface area contributed by atoms with Gasteiger partial charge in [-0.25, -0.2) is 0 Å². The standard InChI is InChI=1S/C16H14N2O/c17-16-14(19)10-12-8-4-5-9-13(12)15(18-16)11-6-2-1-3-7-11/h1-9,16H,10,17H2/t16-/m0/s1. The van der Waals surface area contributed by atoms with Gasteiger partial charge in [0.15, 0.2) is 11.9 Å². The van der Waals surface area contributed by atoms with Crippen LogP contribution in [0.4, 0.5) is 0 Å². The highest BCUT2D eigenvalue weighted by Crippen LogP contribution is 2.20. The zero-order chi connectivity index (χ0) is 13.2. The molecule has 0 aliphatic carbocycles. The van der Waals surface area contributed by atoms with Crippen LogP contribution in [0.5, 0.6) is 0 Å². The molecular weight excluding hydrogens is 236 g/mol. The van der Waals surface area contributed by atoms with Crippen molar-refractivity contribution in [2.75, 3.05) is 0 Å². The Morgan fingerprint density at radius 2 is 1.68 bits per heavy atom. The lowest BCUT2D eigenvalue weighted by molar-refractivity contribution is -0.119. The van der Waals surface area contributed by atoms with Gasteiger partial charge in [-0.2, -0.15) is 0 Å². The van der Waals surface area contributed by atoms with Crippen LogP contribution >= 0.6 is 0 Å². The summed E-state index contributed by atoms with van der Waals surface area (Å²) in [7, 11) is 0. The molecule has 1 heterocycles. The largest absolute Gasteiger partial charge is 0.303 e. The van der Waals surface area contributed by atoms with Gasteiger partial charge >= 0.3 is 0 Å². The monoisotopic (exact) mass is 250 g/mol. The number of hydrogen-bond acceptors (Lipinski definition) is 3. The third kappa shape index (κ3) is 2.20. The first-order valence-corrected chi connectivity index (χ1v) is 6.25. The van der Waals surface area contributed by atoms with Gasteiger partial charge in [0.2, 0.25) is 0 Å². The number of ketones is 1. The predicted octanol–water partition coefficient (Wildman–Crippen LogP) is 1.93. The van der Waals surface area contributed by atoms with Gasteiger partial charge in [-0.05, 0) is 5.56 Å². The number of carbonyl (C=O) groups is 1. The number of aliphatic imine (C=N–C) groups is 1. The molecule has 0 fully saturated rings. The SMILES string of the molecule is N[C@H]1N=C(c2ccccc2)c2ccccc2CC1=O. The van der Waals surface area contributed by atoms with Crippen LogP contribution in [0.25, 0.3) is 0 Å². The Hall–Kier alpha value is -2.26. The second kappa shape index (κ2) is 4.78. The average molecular weight is 250 g/mol. The quantitative estimate of drug-likeness (QED) is 0.840. The summed E-state index contributed by atoms with van der Waals surface area (Å²) >= 11 is 0. The first kappa shape index (κ1) is 11.8. The molecule has 0 saturated carbocycles. The molecule has 0 bridgehead atoms. The fourth-order valence-electron chi connectivity index (χ4n) is 2.30. The molecule has 3 nitrogen and oxygen atoms in total. The third-order valence-electron chi connectivity index (χ3n) is 3.28. The normalized spacial score (nSPS) is 18.5. The highest BCUT2D eigenvalue weighted by atomic mass is 16.1. The van der Waals surface area contributed by atoms with Gasteiger partial charge < -0.3 is 5.73 Å². The first-order chi connectivity index (χ1) is 9.25. The van der Waals surface area contributed by atoms with Crippen LogP contribution in [0.2, 0.25) is 0 Å². The molecule has 2 aromatic rings. The van der Waals surface area contributed by atoms with Crippen molar-refractivity contribution in [3.8, 4) is 0 Å². The number of rotatable bonds is 1. The zero-order valence-electron chi connectivity index (χ0n) is 10.4. The van der Waals surface area contributed by atoms with E-state index < -0.39 is 6.17 Å². The maximum Gasteiger partial charge on any atom is 0.175 e. The minimum Gasteiger partial charge on any atom is -0.303 e. The smallest absolute Gasteiger partial charge is 0.175 e. The topological polar surface area (TPSA) is 55.4 Å². The van der Waals surface area contributed by atoms with E-state index >= 15 is 0 Å². The predicted molar refractivity (Wildman–Crippen MR) is 75.2 cm³/mol. The molecule has 0 unspecified atom stereocenters. The van der Waals surface area contributed by atoms with Gasteiger partial charge in [-0.1, -0.05) is 54.6 Å². The molecule has 1 atom stereocenters. The van der Waals surface area contributed by atoms with Crippen molar-refractivity contribution in [2.45, 2.75) is 12.6 Å². The highest BCUT2D eigenvalue weighted by Gasteiger charge is 2.22. The van der Waals surface area contributed by atoms with Crippen LogP contribution in [0.3, 0.4) is 0 Å². The van der Waals surface area contributed by atoms with Gasteiger partial charge in [0, 0.05) is 17.5 Å². The van der Waals surface area contributed by atoms with Crippen LogP contribution in [0.1, 0.15) is 16.7 Å². The minimum absolute atomic E-state index is 0.0432. The number of fused-ring (bicyclic) bond motifs is 1. The highest BCUT2D eigenvalue weighted by molar-refractivity contribution is 6.15. The third-order valence-corrected chi connectivity index (χ3v) is 3.28. The van der Waals surface area contributed by atoms with Crippen molar-refractivity contribution in [2.24, 2.45) is 10.7 Å². The van der Waals surface area contributed by atoms with Crippen molar-refractivity contribution in [1.29, 1.82) is 0 Å². The number of Topliss-reactive ketones (excluding diaryl/α,β-unsaturated/α-hetero) is 1. The van der Waals surface area contributed by atoms with E-state index in [0.29, 0.717) is 6.42 Å². The Morgan fingerprint density at radius 3 is 2.47 bits per heavy atom. The van der Waals surface area contributed by atoms with Crippen LogP contribution in [-0.2, 0) is 11.2 Å². The molecule has 0 radical (unpaired) electrons. The number of nitrogens with two attached hydrogens (primary N) is 1. The van der Waals surface area contributed by atoms with Crippen molar-refractivity contribution < 1.29 is 4.79 Å². The summed E-state index contributed by atoms with van der Waals surface area (Å²) in [5.74, 6) is -0.0432. The average Bonchev–Trinajstić information content (AvgIpc) is 2.58. The first-order valence-electron chi connectivity index (χ1n) is 6.25. The van der Waals surface area contributed by atoms with E-state index in [1.54, 1.807) is 0 Å². The van der Waals surface area contributed by atoms with E-state index in [2.05, 4.69) is 4.99 Å². The maximum atomic E-state index is 11.9. The summed E-state index contributed by atoms with van der Waals surface area (Å²) in [4.78, 5) is 16.3. The minimum atomic E-state index is -0.775. The van der Waals surface area contributed by atoms with E-state index in [-0.39, 0.29) is 5.78 Å². The van der Waals surface area contributed by atoms with Gasteiger partial charge in [0.25, 0.3) is 0 Å². The Labute approximate surface area is 111 Å². The Balaban J connectivity index is 2.21. The molecule has 1 aliphatic heterocycles. The van der Waals surface area contributed by atoms with Gasteiger partial charge in [-0.3, -0.25) is 9.79 Å². The molecular formula is C16H14N2O. The molecule has 2 aromatic carbocycles. The molecule has 0 spiro atoms. The maximum absolute atomic E-state index is 11.9. The fraction of sp³-hybridized carbons (Fsp3) is 0.125. The lowest BCUT2D eigenvalue weighted by atomic mass is 9.96. The zero-order valence-corrected chi connectivity index (χ0v) is 10.4. The van der Waals surface area contributed by atoms with E-state index in [0.717, 1.165) is 22.4 Å². The molecule has 0 aromatic heterocycles. The Bertz CT molecular complexity index is 647.